The number of carbonyl (C=O) groups is 1. The molecule has 0 aromatic heterocycles. The maximum Gasteiger partial charge on any atom is 0.247 e. The molecule has 5 atom stereocenters. The predicted molar refractivity (Wildman–Crippen MR) is 179 cm³/mol. The number of anilines is 2. The van der Waals surface area contributed by atoms with Gasteiger partial charge in [0.2, 0.25) is 5.91 Å². The van der Waals surface area contributed by atoms with Crippen molar-refractivity contribution in [1.82, 2.24) is 9.62 Å². The number of nitrogens with one attached hydrogen (secondary N) is 3. The number of hydrogen-bond acceptors (Lipinski definition) is 7. The van der Waals surface area contributed by atoms with Crippen molar-refractivity contribution in [3.05, 3.63) is 106 Å². The second kappa shape index (κ2) is 12.5. The van der Waals surface area contributed by atoms with Gasteiger partial charge in [-0.2, -0.15) is 5.26 Å². The van der Waals surface area contributed by atoms with E-state index in [1.807, 2.05) is 43.9 Å². The van der Waals surface area contributed by atoms with Crippen LogP contribution in [0, 0.1) is 23.1 Å². The molecule has 1 saturated heterocycles. The summed E-state index contributed by atoms with van der Waals surface area (Å²) in [6, 6.07) is 20.5. The fraction of sp³-hybridized carbons (Fsp3) is 0.371. The van der Waals surface area contributed by atoms with Gasteiger partial charge < -0.3 is 25.2 Å². The number of nitriles is 1. The summed E-state index contributed by atoms with van der Waals surface area (Å²) < 4.78 is 32.1. The molecule has 2 aliphatic heterocycles. The number of nitrogens with zero attached hydrogens (tertiary/aromatic N) is 2. The number of amides is 1. The quantitative estimate of drug-likeness (QED) is 0.242. The minimum absolute atomic E-state index is 0.0164. The smallest absolute Gasteiger partial charge is 0.247 e. The summed E-state index contributed by atoms with van der Waals surface area (Å²) in [6.45, 7) is 5.88. The van der Waals surface area contributed by atoms with Gasteiger partial charge in [-0.15, -0.1) is 4.72 Å². The van der Waals surface area contributed by atoms with Crippen molar-refractivity contribution >= 4 is 40.2 Å². The van der Waals surface area contributed by atoms with Gasteiger partial charge in [0.05, 0.1) is 23.4 Å². The third-order valence-electron chi connectivity index (χ3n) is 8.97. The molecule has 2 unspecified atom stereocenters. The van der Waals surface area contributed by atoms with E-state index in [2.05, 4.69) is 21.4 Å². The largest absolute Gasteiger partial charge is 0.598 e. The Hall–Kier alpha value is -3.59. The van der Waals surface area contributed by atoms with Gasteiger partial charge in [-0.05, 0) is 111 Å². The standard InChI is InChI=1S/C35H37ClFN5O3S/c1-34(2,3)46(45)41-35(23-6-4-5-21(15-23)19-38)14-13-22-16-28(22)32(39-26-10-8-25(36)9-11-26)42-20-27(43)18-31(42)33(44)40-30-17-24(35)7-12-29(30)37/h4-12,15,17,22,27,31,39,41,43H,13-14,16,18,20H2,1-3H3,(H,40,44)/b32-28-/t22?,27-,31+,35?,46-/m1/s1. The number of allylic oxidation sites excluding steroid dienone is 1. The summed E-state index contributed by atoms with van der Waals surface area (Å²) in [5, 5.41) is 27.4. The molecule has 0 spiro atoms. The Morgan fingerprint density at radius 2 is 1.89 bits per heavy atom. The Bertz CT molecular complexity index is 1720. The molecule has 240 valence electrons. The monoisotopic (exact) mass is 661 g/mol. The van der Waals surface area contributed by atoms with Crippen molar-refractivity contribution in [2.45, 2.75) is 68.9 Å². The summed E-state index contributed by atoms with van der Waals surface area (Å²) in [6.07, 6.45) is 1.35. The van der Waals surface area contributed by atoms with Crippen molar-refractivity contribution in [3.63, 3.8) is 0 Å². The first-order valence-electron chi connectivity index (χ1n) is 15.4. The SMILES string of the molecule is CC(C)(C)[S@@+]([O-])NC1(c2cccc(C#N)c2)CCC2C/C2=C(\Nc2ccc(Cl)cc2)N2C[C@H](O)C[C@H]2C(=O)Nc2cc1ccc2F. The van der Waals surface area contributed by atoms with Crippen LogP contribution in [0.2, 0.25) is 5.02 Å². The van der Waals surface area contributed by atoms with Crippen LogP contribution in [0.15, 0.2) is 78.1 Å². The molecule has 11 heteroatoms. The fourth-order valence-corrected chi connectivity index (χ4v) is 7.46. The molecule has 2 bridgehead atoms. The molecular formula is C35H37ClFN5O3S. The molecular weight excluding hydrogens is 625 g/mol. The van der Waals surface area contributed by atoms with E-state index in [0.29, 0.717) is 29.0 Å². The van der Waals surface area contributed by atoms with Crippen LogP contribution in [-0.4, -0.2) is 43.9 Å². The van der Waals surface area contributed by atoms with E-state index >= 15 is 4.39 Å². The van der Waals surface area contributed by atoms with Crippen LogP contribution in [0.5, 0.6) is 0 Å². The first-order valence-corrected chi connectivity index (χ1v) is 16.9. The van der Waals surface area contributed by atoms with Crippen LogP contribution in [0.4, 0.5) is 15.8 Å². The lowest BCUT2D eigenvalue weighted by atomic mass is 9.78. The molecule has 6 rings (SSSR count). The number of benzene rings is 3. The average molecular weight is 662 g/mol. The zero-order valence-corrected chi connectivity index (χ0v) is 27.5. The van der Waals surface area contributed by atoms with Crippen LogP contribution in [0.1, 0.15) is 63.1 Å². The molecule has 2 heterocycles. The van der Waals surface area contributed by atoms with Gasteiger partial charge in [-0.25, -0.2) is 4.39 Å². The summed E-state index contributed by atoms with van der Waals surface area (Å²) in [5.74, 6) is -0.183. The van der Waals surface area contributed by atoms with Gasteiger partial charge in [0.25, 0.3) is 0 Å². The van der Waals surface area contributed by atoms with Crippen molar-refractivity contribution < 1.29 is 18.8 Å². The zero-order chi connectivity index (χ0) is 32.8. The Kier molecular flexibility index (Phi) is 8.83. The first-order chi connectivity index (χ1) is 21.9. The summed E-state index contributed by atoms with van der Waals surface area (Å²) in [7, 11) is 0. The molecule has 4 N–H and O–H groups in total. The van der Waals surface area contributed by atoms with Gasteiger partial charge in [-0.3, -0.25) is 4.79 Å². The third kappa shape index (κ3) is 6.48. The lowest BCUT2D eigenvalue weighted by molar-refractivity contribution is -0.119. The number of carbonyl (C=O) groups excluding carboxylic acids is 1. The van der Waals surface area contributed by atoms with E-state index in [1.165, 1.54) is 6.07 Å². The molecule has 3 aliphatic rings. The number of rotatable bonds is 5. The van der Waals surface area contributed by atoms with E-state index in [9.17, 15) is 19.7 Å². The molecule has 2 fully saturated rings. The van der Waals surface area contributed by atoms with Crippen molar-refractivity contribution in [2.24, 2.45) is 5.92 Å². The Labute approximate surface area is 276 Å². The van der Waals surface area contributed by atoms with Crippen LogP contribution >= 0.6 is 11.6 Å². The van der Waals surface area contributed by atoms with E-state index < -0.39 is 45.5 Å². The highest BCUT2D eigenvalue weighted by molar-refractivity contribution is 7.90. The maximum atomic E-state index is 15.5. The molecule has 8 nitrogen and oxygen atoms in total. The second-order valence-corrected chi connectivity index (χ2v) is 15.7. The van der Waals surface area contributed by atoms with Gasteiger partial charge in [0.15, 0.2) is 0 Å². The van der Waals surface area contributed by atoms with Gasteiger partial charge >= 0.3 is 0 Å². The molecule has 46 heavy (non-hydrogen) atoms. The Morgan fingerprint density at radius 1 is 1.15 bits per heavy atom. The highest BCUT2D eigenvalue weighted by atomic mass is 35.5. The van der Waals surface area contributed by atoms with E-state index in [1.54, 1.807) is 42.5 Å². The van der Waals surface area contributed by atoms with E-state index in [4.69, 9.17) is 11.6 Å². The average Bonchev–Trinajstić information content (AvgIpc) is 3.69. The minimum atomic E-state index is -1.56. The van der Waals surface area contributed by atoms with Crippen LogP contribution in [0.3, 0.4) is 0 Å². The Morgan fingerprint density at radius 3 is 2.61 bits per heavy atom. The third-order valence-corrected chi connectivity index (χ3v) is 10.9. The number of aliphatic hydroxyl groups excluding tert-OH is 1. The number of halogens is 2. The molecule has 0 radical (unpaired) electrons. The van der Waals surface area contributed by atoms with Gasteiger partial charge in [-0.1, -0.05) is 29.8 Å². The molecule has 1 saturated carbocycles. The first kappa shape index (κ1) is 32.4. The lowest BCUT2D eigenvalue weighted by Crippen LogP contribution is -2.52. The lowest BCUT2D eigenvalue weighted by Gasteiger charge is -2.39. The van der Waals surface area contributed by atoms with Crippen LogP contribution in [-0.2, 0) is 21.7 Å². The number of aliphatic hydroxyl groups is 1. The number of fused-ring (bicyclic) bond motifs is 4. The van der Waals surface area contributed by atoms with Crippen LogP contribution < -0.4 is 15.4 Å². The summed E-state index contributed by atoms with van der Waals surface area (Å²) in [5.41, 5.74) is 2.57. The second-order valence-electron chi connectivity index (χ2n) is 13.3. The van der Waals surface area contributed by atoms with Gasteiger partial charge in [0.1, 0.15) is 28.0 Å². The normalized spacial score (nSPS) is 26.8. The van der Waals surface area contributed by atoms with Gasteiger partial charge in [0, 0.05) is 35.0 Å². The highest BCUT2D eigenvalue weighted by Crippen LogP contribution is 2.49. The van der Waals surface area contributed by atoms with Crippen molar-refractivity contribution in [1.29, 1.82) is 5.26 Å². The minimum Gasteiger partial charge on any atom is -0.598 e. The Balaban J connectivity index is 1.51. The molecule has 1 amide bonds. The molecule has 3 aromatic carbocycles. The van der Waals surface area contributed by atoms with Crippen molar-refractivity contribution in [2.75, 3.05) is 17.2 Å². The number of hydrogen-bond donors (Lipinski definition) is 4. The highest BCUT2D eigenvalue weighted by Gasteiger charge is 2.47. The fourth-order valence-electron chi connectivity index (χ4n) is 6.37. The summed E-state index contributed by atoms with van der Waals surface area (Å²) in [4.78, 5) is 15.8. The maximum absolute atomic E-state index is 15.5. The summed E-state index contributed by atoms with van der Waals surface area (Å²) >= 11 is 4.58. The van der Waals surface area contributed by atoms with E-state index in [-0.39, 0.29) is 24.6 Å². The topological polar surface area (TPSA) is 123 Å². The van der Waals surface area contributed by atoms with E-state index in [0.717, 1.165) is 29.1 Å². The zero-order valence-electron chi connectivity index (χ0n) is 25.9. The van der Waals surface area contributed by atoms with Crippen molar-refractivity contribution in [3.8, 4) is 6.07 Å². The predicted octanol–water partition coefficient (Wildman–Crippen LogP) is 6.16. The molecule has 1 aliphatic carbocycles. The van der Waals surface area contributed by atoms with Crippen LogP contribution in [0.25, 0.3) is 0 Å². The molecule has 3 aromatic rings.